The van der Waals surface area contributed by atoms with Crippen molar-refractivity contribution in [3.63, 3.8) is 0 Å². The molecule has 34 heavy (non-hydrogen) atoms. The van der Waals surface area contributed by atoms with E-state index >= 15 is 0 Å². The van der Waals surface area contributed by atoms with E-state index in [1.54, 1.807) is 25.2 Å². The Morgan fingerprint density at radius 3 is 2.53 bits per heavy atom. The number of aryl methyl sites for hydroxylation is 2. The summed E-state index contributed by atoms with van der Waals surface area (Å²) in [6.07, 6.45) is -4.25. The third-order valence-corrected chi connectivity index (χ3v) is 6.73. The summed E-state index contributed by atoms with van der Waals surface area (Å²) in [7, 11) is 1.57. The van der Waals surface area contributed by atoms with Crippen molar-refractivity contribution in [2.45, 2.75) is 50.4 Å². The lowest BCUT2D eigenvalue weighted by molar-refractivity contribution is -0.275. The molecule has 2 aromatic carbocycles. The van der Waals surface area contributed by atoms with Crippen molar-refractivity contribution in [2.24, 2.45) is 7.05 Å². The number of aromatic hydroxyl groups is 1. The van der Waals surface area contributed by atoms with E-state index in [-0.39, 0.29) is 33.7 Å². The van der Waals surface area contributed by atoms with E-state index in [1.165, 1.54) is 43.7 Å². The molecular formula is C25H24F3N3O3. The molecule has 4 rings (SSSR count). The van der Waals surface area contributed by atoms with Gasteiger partial charge in [-0.25, -0.2) is 0 Å². The van der Waals surface area contributed by atoms with Crippen LogP contribution in [0.4, 0.5) is 18.9 Å². The van der Waals surface area contributed by atoms with Crippen LogP contribution in [-0.4, -0.2) is 26.6 Å². The average Bonchev–Trinajstić information content (AvgIpc) is 2.72. The molecule has 6 nitrogen and oxygen atoms in total. The SMILES string of the molecule is Cc1cc2c(c(O)c1C#N)C(C)(C)CC(O)(C(F)(F)F)C2Nc1cccc2c(=O)n(C)ccc12. The second-order valence-electron chi connectivity index (χ2n) is 9.55. The number of aliphatic hydroxyl groups is 1. The van der Waals surface area contributed by atoms with Crippen molar-refractivity contribution in [3.05, 3.63) is 69.1 Å². The predicted molar refractivity (Wildman–Crippen MR) is 122 cm³/mol. The van der Waals surface area contributed by atoms with Crippen LogP contribution in [0.15, 0.2) is 41.3 Å². The summed E-state index contributed by atoms with van der Waals surface area (Å²) in [5.74, 6) is -0.384. The van der Waals surface area contributed by atoms with Gasteiger partial charge in [0.25, 0.3) is 5.56 Å². The van der Waals surface area contributed by atoms with Gasteiger partial charge in [-0.1, -0.05) is 26.0 Å². The number of rotatable bonds is 2. The van der Waals surface area contributed by atoms with E-state index in [1.807, 2.05) is 6.07 Å². The Morgan fingerprint density at radius 2 is 1.91 bits per heavy atom. The van der Waals surface area contributed by atoms with Crippen LogP contribution in [0, 0.1) is 18.3 Å². The Morgan fingerprint density at radius 1 is 1.24 bits per heavy atom. The highest BCUT2D eigenvalue weighted by molar-refractivity contribution is 5.93. The number of fused-ring (bicyclic) bond motifs is 2. The summed E-state index contributed by atoms with van der Waals surface area (Å²) in [6.45, 7) is 4.51. The summed E-state index contributed by atoms with van der Waals surface area (Å²) in [5, 5.41) is 35.1. The van der Waals surface area contributed by atoms with Gasteiger partial charge in [0.05, 0.1) is 11.6 Å². The highest BCUT2D eigenvalue weighted by atomic mass is 19.4. The molecule has 2 unspecified atom stereocenters. The average molecular weight is 471 g/mol. The lowest BCUT2D eigenvalue weighted by Crippen LogP contribution is -2.58. The third kappa shape index (κ3) is 3.32. The molecule has 0 amide bonds. The second kappa shape index (κ2) is 7.50. The molecule has 1 aliphatic carbocycles. The molecule has 1 aromatic heterocycles. The van der Waals surface area contributed by atoms with Crippen molar-refractivity contribution < 1.29 is 23.4 Å². The Kier molecular flexibility index (Phi) is 5.22. The molecule has 1 heterocycles. The predicted octanol–water partition coefficient (Wildman–Crippen LogP) is 4.55. The van der Waals surface area contributed by atoms with E-state index in [2.05, 4.69) is 5.32 Å². The first-order chi connectivity index (χ1) is 15.7. The zero-order valence-corrected chi connectivity index (χ0v) is 19.1. The Hall–Kier alpha value is -3.51. The number of benzene rings is 2. The molecule has 0 aliphatic heterocycles. The molecule has 9 heteroatoms. The van der Waals surface area contributed by atoms with E-state index < -0.39 is 29.7 Å². The number of hydrogen-bond donors (Lipinski definition) is 3. The lowest BCUT2D eigenvalue weighted by atomic mass is 9.62. The third-order valence-electron chi connectivity index (χ3n) is 6.73. The van der Waals surface area contributed by atoms with Crippen LogP contribution in [0.25, 0.3) is 10.8 Å². The number of pyridine rings is 1. The number of halogens is 3. The molecule has 2 atom stereocenters. The summed E-state index contributed by atoms with van der Waals surface area (Å²) in [6, 6.07) is 7.89. The number of nitrogens with one attached hydrogen (secondary N) is 1. The summed E-state index contributed by atoms with van der Waals surface area (Å²) < 4.78 is 44.7. The molecular weight excluding hydrogens is 447 g/mol. The zero-order chi connectivity index (χ0) is 25.2. The summed E-state index contributed by atoms with van der Waals surface area (Å²) >= 11 is 0. The van der Waals surface area contributed by atoms with Crippen molar-refractivity contribution in [2.75, 3.05) is 5.32 Å². The van der Waals surface area contributed by atoms with E-state index in [4.69, 9.17) is 0 Å². The molecule has 178 valence electrons. The first-order valence-corrected chi connectivity index (χ1v) is 10.6. The van der Waals surface area contributed by atoms with Gasteiger partial charge in [0.15, 0.2) is 5.60 Å². The van der Waals surface area contributed by atoms with Gasteiger partial charge >= 0.3 is 6.18 Å². The van der Waals surface area contributed by atoms with Gasteiger partial charge in [-0.05, 0) is 48.1 Å². The highest BCUT2D eigenvalue weighted by Gasteiger charge is 2.64. The fraction of sp³-hybridized carbons (Fsp3) is 0.360. The van der Waals surface area contributed by atoms with Crippen LogP contribution < -0.4 is 10.9 Å². The van der Waals surface area contributed by atoms with Gasteiger partial charge in [-0.2, -0.15) is 18.4 Å². The number of nitrogens with zero attached hydrogens (tertiary/aromatic N) is 2. The van der Waals surface area contributed by atoms with Gasteiger partial charge in [-0.3, -0.25) is 4.79 Å². The quantitative estimate of drug-likeness (QED) is 0.509. The van der Waals surface area contributed by atoms with Crippen LogP contribution >= 0.6 is 0 Å². The maximum Gasteiger partial charge on any atom is 0.419 e. The second-order valence-corrected chi connectivity index (χ2v) is 9.55. The van der Waals surface area contributed by atoms with Crippen LogP contribution in [0.2, 0.25) is 0 Å². The van der Waals surface area contributed by atoms with E-state index in [9.17, 15) is 33.4 Å². The standard InChI is InChI=1S/C25H24F3N3O3/c1-13-10-16-19(20(32)17(13)11-29)23(2,3)12-24(34,25(26,27)28)21(16)30-18-7-5-6-15-14(18)8-9-31(4)22(15)33/h5-10,21,30,32,34H,12H2,1-4H3. The number of nitriles is 1. The lowest BCUT2D eigenvalue weighted by Gasteiger charge is -2.49. The first-order valence-electron chi connectivity index (χ1n) is 10.6. The normalized spacial score (nSPS) is 21.7. The maximum atomic E-state index is 14.4. The van der Waals surface area contributed by atoms with Gasteiger partial charge in [0, 0.05) is 35.3 Å². The van der Waals surface area contributed by atoms with Gasteiger partial charge in [0.1, 0.15) is 11.8 Å². The maximum absolute atomic E-state index is 14.4. The van der Waals surface area contributed by atoms with Crippen LogP contribution in [0.1, 0.15) is 48.6 Å². The molecule has 0 bridgehead atoms. The molecule has 0 spiro atoms. The minimum absolute atomic E-state index is 0.0170. The first kappa shape index (κ1) is 23.6. The molecule has 1 aliphatic rings. The zero-order valence-electron chi connectivity index (χ0n) is 19.1. The minimum atomic E-state index is -5.02. The summed E-state index contributed by atoms with van der Waals surface area (Å²) in [5.41, 5.74) is -4.08. The largest absolute Gasteiger partial charge is 0.506 e. The minimum Gasteiger partial charge on any atom is -0.506 e. The van der Waals surface area contributed by atoms with Gasteiger partial charge in [-0.15, -0.1) is 0 Å². The van der Waals surface area contributed by atoms with Crippen LogP contribution in [-0.2, 0) is 12.5 Å². The number of alkyl halides is 3. The highest BCUT2D eigenvalue weighted by Crippen LogP contribution is 2.57. The van der Waals surface area contributed by atoms with Crippen molar-refractivity contribution >= 4 is 16.5 Å². The Bertz CT molecular complexity index is 1420. The molecule has 3 aromatic rings. The van der Waals surface area contributed by atoms with Crippen LogP contribution in [0.3, 0.4) is 0 Å². The van der Waals surface area contributed by atoms with Gasteiger partial charge in [0.2, 0.25) is 0 Å². The molecule has 3 N–H and O–H groups in total. The van der Waals surface area contributed by atoms with Crippen LogP contribution in [0.5, 0.6) is 5.75 Å². The van der Waals surface area contributed by atoms with E-state index in [0.717, 1.165) is 0 Å². The topological polar surface area (TPSA) is 98.3 Å². The molecule has 0 saturated heterocycles. The monoisotopic (exact) mass is 471 g/mol. The number of aromatic nitrogens is 1. The van der Waals surface area contributed by atoms with E-state index in [0.29, 0.717) is 16.3 Å². The van der Waals surface area contributed by atoms with Crippen molar-refractivity contribution in [3.8, 4) is 11.8 Å². The Balaban J connectivity index is 2.02. The number of anilines is 1. The van der Waals surface area contributed by atoms with Crippen molar-refractivity contribution in [1.82, 2.24) is 4.57 Å². The molecule has 0 saturated carbocycles. The number of phenolic OH excluding ortho intramolecular Hbond substituents is 1. The fourth-order valence-electron chi connectivity index (χ4n) is 5.15. The molecule has 0 fully saturated rings. The smallest absolute Gasteiger partial charge is 0.419 e. The Labute approximate surface area is 193 Å². The molecule has 0 radical (unpaired) electrons. The number of hydrogen-bond acceptors (Lipinski definition) is 5. The van der Waals surface area contributed by atoms with Gasteiger partial charge < -0.3 is 20.1 Å². The summed E-state index contributed by atoms with van der Waals surface area (Å²) in [4.78, 5) is 12.5. The fourth-order valence-corrected chi connectivity index (χ4v) is 5.15. The number of phenols is 1. The van der Waals surface area contributed by atoms with Crippen molar-refractivity contribution in [1.29, 1.82) is 5.26 Å².